The van der Waals surface area contributed by atoms with Crippen molar-refractivity contribution in [3.63, 3.8) is 0 Å². The second kappa shape index (κ2) is 7.22. The molecule has 1 aromatic carbocycles. The Morgan fingerprint density at radius 2 is 2.13 bits per heavy atom. The van der Waals surface area contributed by atoms with Crippen LogP contribution in [0.15, 0.2) is 23.1 Å². The number of halogens is 2. The number of nitrogens with one attached hydrogen (secondary N) is 3. The molecule has 1 unspecified atom stereocenters. The summed E-state index contributed by atoms with van der Waals surface area (Å²) in [5.41, 5.74) is 0.672. The standard InChI is InChI=1S/C14H19F2N3O3S/c1-2-18-11-4-3-10(23(21,22)14(15)16)7-12(11)19-13(20)9-5-6-17-8-9/h3-4,7,9,14,17-18H,2,5-6,8H2,1H3,(H,19,20). The Balaban J connectivity index is 2.32. The molecule has 2 rings (SSSR count). The summed E-state index contributed by atoms with van der Waals surface area (Å²) in [6.45, 7) is 3.64. The molecule has 1 heterocycles. The molecule has 1 fully saturated rings. The van der Waals surface area contributed by atoms with Crippen molar-refractivity contribution in [2.75, 3.05) is 30.3 Å². The van der Waals surface area contributed by atoms with Gasteiger partial charge in [0.2, 0.25) is 15.7 Å². The summed E-state index contributed by atoms with van der Waals surface area (Å²) in [5, 5.41) is 8.66. The molecule has 6 nitrogen and oxygen atoms in total. The molecule has 1 aromatic rings. The zero-order valence-corrected chi connectivity index (χ0v) is 13.4. The first-order chi connectivity index (χ1) is 10.9. The lowest BCUT2D eigenvalue weighted by Crippen LogP contribution is -2.25. The second-order valence-electron chi connectivity index (χ2n) is 5.22. The van der Waals surface area contributed by atoms with Crippen LogP contribution < -0.4 is 16.0 Å². The smallest absolute Gasteiger partial charge is 0.341 e. The van der Waals surface area contributed by atoms with Crippen LogP contribution in [0.3, 0.4) is 0 Å². The number of hydrogen-bond donors (Lipinski definition) is 3. The van der Waals surface area contributed by atoms with Gasteiger partial charge in [-0.15, -0.1) is 0 Å². The number of benzene rings is 1. The predicted molar refractivity (Wildman–Crippen MR) is 83.4 cm³/mol. The van der Waals surface area contributed by atoms with Crippen LogP contribution in [0.5, 0.6) is 0 Å². The molecule has 23 heavy (non-hydrogen) atoms. The minimum absolute atomic E-state index is 0.186. The molecular formula is C14H19F2N3O3S. The minimum atomic E-state index is -4.71. The second-order valence-corrected chi connectivity index (χ2v) is 7.14. The molecule has 1 aliphatic rings. The van der Waals surface area contributed by atoms with Crippen molar-refractivity contribution in [2.24, 2.45) is 5.92 Å². The maximum Gasteiger partial charge on any atom is 0.341 e. The van der Waals surface area contributed by atoms with E-state index in [0.717, 1.165) is 18.7 Å². The SMILES string of the molecule is CCNc1ccc(S(=O)(=O)C(F)F)cc1NC(=O)C1CCNC1. The van der Waals surface area contributed by atoms with E-state index in [-0.39, 0.29) is 17.5 Å². The highest BCUT2D eigenvalue weighted by molar-refractivity contribution is 7.91. The third kappa shape index (κ3) is 3.97. The van der Waals surface area contributed by atoms with Gasteiger partial charge in [0.15, 0.2) is 0 Å². The lowest BCUT2D eigenvalue weighted by Gasteiger charge is -2.16. The number of carbonyl (C=O) groups is 1. The number of hydrogen-bond acceptors (Lipinski definition) is 5. The molecule has 9 heteroatoms. The van der Waals surface area contributed by atoms with Crippen LogP contribution in [-0.2, 0) is 14.6 Å². The van der Waals surface area contributed by atoms with Crippen LogP contribution in [0, 0.1) is 5.92 Å². The molecule has 0 spiro atoms. The molecule has 128 valence electrons. The Hall–Kier alpha value is -1.74. The van der Waals surface area contributed by atoms with E-state index in [2.05, 4.69) is 16.0 Å². The van der Waals surface area contributed by atoms with Crippen LogP contribution in [0.25, 0.3) is 0 Å². The molecule has 0 aromatic heterocycles. The molecule has 1 amide bonds. The van der Waals surface area contributed by atoms with E-state index >= 15 is 0 Å². The van der Waals surface area contributed by atoms with E-state index in [9.17, 15) is 22.0 Å². The normalized spacial score (nSPS) is 18.2. The third-order valence-corrected chi connectivity index (χ3v) is 4.99. The van der Waals surface area contributed by atoms with Gasteiger partial charge in [-0.05, 0) is 38.1 Å². The minimum Gasteiger partial charge on any atom is -0.384 e. The average molecular weight is 347 g/mol. The molecule has 0 bridgehead atoms. The maximum atomic E-state index is 12.7. The van der Waals surface area contributed by atoms with Crippen molar-refractivity contribution in [1.29, 1.82) is 0 Å². The highest BCUT2D eigenvalue weighted by Crippen LogP contribution is 2.29. The molecule has 0 aliphatic carbocycles. The monoisotopic (exact) mass is 347 g/mol. The van der Waals surface area contributed by atoms with Crippen molar-refractivity contribution in [1.82, 2.24) is 5.32 Å². The lowest BCUT2D eigenvalue weighted by atomic mass is 10.1. The number of alkyl halides is 2. The van der Waals surface area contributed by atoms with Gasteiger partial charge in [-0.3, -0.25) is 4.79 Å². The zero-order chi connectivity index (χ0) is 17.0. The summed E-state index contributed by atoms with van der Waals surface area (Å²) < 4.78 is 48.6. The fourth-order valence-corrected chi connectivity index (χ4v) is 3.11. The predicted octanol–water partition coefficient (Wildman–Crippen LogP) is 1.66. The fraction of sp³-hybridized carbons (Fsp3) is 0.500. The van der Waals surface area contributed by atoms with Crippen LogP contribution in [0.2, 0.25) is 0 Å². The van der Waals surface area contributed by atoms with Gasteiger partial charge in [-0.2, -0.15) is 8.78 Å². The Morgan fingerprint density at radius 3 is 2.70 bits per heavy atom. The van der Waals surface area contributed by atoms with Crippen molar-refractivity contribution in [2.45, 2.75) is 24.0 Å². The van der Waals surface area contributed by atoms with Gasteiger partial charge >= 0.3 is 5.76 Å². The molecule has 1 atom stereocenters. The summed E-state index contributed by atoms with van der Waals surface area (Å²) in [5.74, 6) is -3.99. The molecule has 3 N–H and O–H groups in total. The molecule has 1 aliphatic heterocycles. The summed E-state index contributed by atoms with van der Waals surface area (Å²) in [7, 11) is -4.71. The summed E-state index contributed by atoms with van der Waals surface area (Å²) in [6, 6.07) is 3.55. The van der Waals surface area contributed by atoms with Crippen LogP contribution in [0.1, 0.15) is 13.3 Å². The van der Waals surface area contributed by atoms with Crippen LogP contribution in [-0.4, -0.2) is 39.7 Å². The van der Waals surface area contributed by atoms with Crippen molar-refractivity contribution < 1.29 is 22.0 Å². The first kappa shape index (κ1) is 17.6. The van der Waals surface area contributed by atoms with E-state index in [1.807, 2.05) is 6.92 Å². The molecule has 0 radical (unpaired) electrons. The summed E-state index contributed by atoms with van der Waals surface area (Å²) >= 11 is 0. The van der Waals surface area contributed by atoms with Crippen molar-refractivity contribution >= 4 is 27.1 Å². The molecular weight excluding hydrogens is 328 g/mol. The van der Waals surface area contributed by atoms with E-state index in [1.165, 1.54) is 6.07 Å². The van der Waals surface area contributed by atoms with Crippen molar-refractivity contribution in [3.8, 4) is 0 Å². The first-order valence-corrected chi connectivity index (χ1v) is 8.82. The topological polar surface area (TPSA) is 87.3 Å². The number of anilines is 2. The summed E-state index contributed by atoms with van der Waals surface area (Å²) in [4.78, 5) is 11.7. The van der Waals surface area contributed by atoms with Gasteiger partial charge in [-0.1, -0.05) is 0 Å². The Bertz CT molecular complexity index is 674. The highest BCUT2D eigenvalue weighted by Gasteiger charge is 2.28. The highest BCUT2D eigenvalue weighted by atomic mass is 32.2. The lowest BCUT2D eigenvalue weighted by molar-refractivity contribution is -0.119. The average Bonchev–Trinajstić information content (AvgIpc) is 3.03. The van der Waals surface area contributed by atoms with Crippen LogP contribution in [0.4, 0.5) is 20.2 Å². The molecule has 1 saturated heterocycles. The Labute approximate surface area is 133 Å². The number of rotatable bonds is 6. The van der Waals surface area contributed by atoms with Gasteiger partial charge in [0.1, 0.15) is 0 Å². The van der Waals surface area contributed by atoms with Gasteiger partial charge in [0.25, 0.3) is 0 Å². The largest absolute Gasteiger partial charge is 0.384 e. The zero-order valence-electron chi connectivity index (χ0n) is 12.6. The van der Waals surface area contributed by atoms with E-state index in [4.69, 9.17) is 0 Å². The van der Waals surface area contributed by atoms with Crippen molar-refractivity contribution in [3.05, 3.63) is 18.2 Å². The number of sulfone groups is 1. The van der Waals surface area contributed by atoms with E-state index in [0.29, 0.717) is 25.2 Å². The quantitative estimate of drug-likeness (QED) is 0.729. The molecule has 0 saturated carbocycles. The number of carbonyl (C=O) groups excluding carboxylic acids is 1. The first-order valence-electron chi connectivity index (χ1n) is 7.27. The Morgan fingerprint density at radius 1 is 1.39 bits per heavy atom. The van der Waals surface area contributed by atoms with Gasteiger partial charge < -0.3 is 16.0 Å². The van der Waals surface area contributed by atoms with E-state index < -0.39 is 20.5 Å². The third-order valence-electron chi connectivity index (χ3n) is 3.61. The van der Waals surface area contributed by atoms with Crippen LogP contribution >= 0.6 is 0 Å². The van der Waals surface area contributed by atoms with E-state index in [1.54, 1.807) is 0 Å². The van der Waals surface area contributed by atoms with Gasteiger partial charge in [0.05, 0.1) is 22.2 Å². The fourth-order valence-electron chi connectivity index (χ4n) is 2.36. The number of amides is 1. The maximum absolute atomic E-state index is 12.7. The summed E-state index contributed by atoms with van der Waals surface area (Å²) in [6.07, 6.45) is 0.678. The van der Waals surface area contributed by atoms with Gasteiger partial charge in [-0.25, -0.2) is 8.42 Å². The Kier molecular flexibility index (Phi) is 5.53. The van der Waals surface area contributed by atoms with Gasteiger partial charge in [0, 0.05) is 13.1 Å².